The fraction of sp³-hybridized carbons (Fsp3) is 0.222. The smallest absolute Gasteiger partial charge is 0.251 e. The molecule has 1 N–H and O–H groups in total. The minimum absolute atomic E-state index is 0.0370. The van der Waals surface area contributed by atoms with Gasteiger partial charge in [0, 0.05) is 28.7 Å². The van der Waals surface area contributed by atoms with Crippen molar-refractivity contribution in [1.29, 1.82) is 0 Å². The molecule has 23 heavy (non-hydrogen) atoms. The molecule has 118 valence electrons. The van der Waals surface area contributed by atoms with E-state index in [-0.39, 0.29) is 17.9 Å². The quantitative estimate of drug-likeness (QED) is 0.898. The van der Waals surface area contributed by atoms with Crippen LogP contribution < -0.4 is 10.2 Å². The van der Waals surface area contributed by atoms with Crippen LogP contribution in [0, 0.1) is 6.92 Å². The fourth-order valence-electron chi connectivity index (χ4n) is 2.65. The maximum Gasteiger partial charge on any atom is 0.251 e. The van der Waals surface area contributed by atoms with Crippen molar-refractivity contribution in [3.05, 3.63) is 64.1 Å². The lowest BCUT2D eigenvalue weighted by molar-refractivity contribution is -0.117. The van der Waals surface area contributed by atoms with E-state index in [4.69, 9.17) is 0 Å². The molecule has 1 atom stereocenters. The van der Waals surface area contributed by atoms with Crippen molar-refractivity contribution >= 4 is 33.4 Å². The zero-order valence-corrected chi connectivity index (χ0v) is 14.3. The van der Waals surface area contributed by atoms with Crippen molar-refractivity contribution in [3.63, 3.8) is 0 Å². The van der Waals surface area contributed by atoms with Crippen LogP contribution in [0.1, 0.15) is 22.3 Å². The number of amides is 2. The molecule has 2 aromatic carbocycles. The highest BCUT2D eigenvalue weighted by molar-refractivity contribution is 9.10. The van der Waals surface area contributed by atoms with Crippen LogP contribution in [0.4, 0.5) is 5.69 Å². The number of benzene rings is 2. The van der Waals surface area contributed by atoms with Gasteiger partial charge in [0.1, 0.15) is 0 Å². The number of aryl methyl sites for hydroxylation is 1. The van der Waals surface area contributed by atoms with Gasteiger partial charge in [-0.15, -0.1) is 0 Å². The second-order valence-electron chi connectivity index (χ2n) is 5.72. The first-order valence-electron chi connectivity index (χ1n) is 7.46. The summed E-state index contributed by atoms with van der Waals surface area (Å²) in [6.45, 7) is 2.51. The first kappa shape index (κ1) is 15.7. The topological polar surface area (TPSA) is 49.4 Å². The van der Waals surface area contributed by atoms with Crippen LogP contribution in [0.5, 0.6) is 0 Å². The van der Waals surface area contributed by atoms with Crippen molar-refractivity contribution in [1.82, 2.24) is 5.32 Å². The average molecular weight is 373 g/mol. The van der Waals surface area contributed by atoms with Gasteiger partial charge in [-0.2, -0.15) is 0 Å². The Morgan fingerprint density at radius 3 is 2.43 bits per heavy atom. The molecule has 0 radical (unpaired) electrons. The molecule has 2 aromatic rings. The molecule has 0 saturated carbocycles. The minimum atomic E-state index is -0.167. The van der Waals surface area contributed by atoms with Gasteiger partial charge < -0.3 is 10.2 Å². The van der Waals surface area contributed by atoms with E-state index in [1.165, 1.54) is 0 Å². The molecule has 0 bridgehead atoms. The van der Waals surface area contributed by atoms with Crippen LogP contribution in [-0.4, -0.2) is 24.4 Å². The number of hydrogen-bond donors (Lipinski definition) is 1. The normalized spacial score (nSPS) is 17.4. The lowest BCUT2D eigenvalue weighted by Gasteiger charge is -2.17. The Labute approximate surface area is 143 Å². The number of anilines is 1. The Morgan fingerprint density at radius 1 is 1.13 bits per heavy atom. The molecule has 0 aliphatic carbocycles. The summed E-state index contributed by atoms with van der Waals surface area (Å²) in [6.07, 6.45) is 0.330. The van der Waals surface area contributed by atoms with Gasteiger partial charge in [0.05, 0.1) is 6.04 Å². The second-order valence-corrected chi connectivity index (χ2v) is 6.64. The molecule has 1 heterocycles. The standard InChI is InChI=1S/C18H17BrN2O2/c1-12-2-8-16(9-3-12)21-11-15(10-17(21)22)20-18(23)13-4-6-14(19)7-5-13/h2-9,15H,10-11H2,1H3,(H,20,23)/t15-/m1/s1. The Morgan fingerprint density at radius 2 is 1.78 bits per heavy atom. The third-order valence-corrected chi connectivity index (χ3v) is 4.44. The molecule has 1 aliphatic heterocycles. The summed E-state index contributed by atoms with van der Waals surface area (Å²) in [6, 6.07) is 14.8. The lowest BCUT2D eigenvalue weighted by atomic mass is 10.2. The van der Waals surface area contributed by atoms with Gasteiger partial charge in [-0.05, 0) is 43.3 Å². The number of carbonyl (C=O) groups excluding carboxylic acids is 2. The van der Waals surface area contributed by atoms with Gasteiger partial charge in [-0.1, -0.05) is 33.6 Å². The lowest BCUT2D eigenvalue weighted by Crippen LogP contribution is -2.37. The Kier molecular flexibility index (Phi) is 4.48. The van der Waals surface area contributed by atoms with Crippen LogP contribution in [0.15, 0.2) is 53.0 Å². The van der Waals surface area contributed by atoms with Gasteiger partial charge in [-0.3, -0.25) is 9.59 Å². The van der Waals surface area contributed by atoms with Crippen LogP contribution in [0.3, 0.4) is 0 Å². The molecule has 5 heteroatoms. The number of nitrogens with one attached hydrogen (secondary N) is 1. The van der Waals surface area contributed by atoms with E-state index in [2.05, 4.69) is 21.2 Å². The van der Waals surface area contributed by atoms with Gasteiger partial charge in [-0.25, -0.2) is 0 Å². The summed E-state index contributed by atoms with van der Waals surface area (Å²) in [4.78, 5) is 26.2. The van der Waals surface area contributed by atoms with Gasteiger partial charge in [0.2, 0.25) is 5.91 Å². The number of hydrogen-bond acceptors (Lipinski definition) is 2. The molecule has 4 nitrogen and oxygen atoms in total. The van der Waals surface area contributed by atoms with Crippen molar-refractivity contribution in [2.24, 2.45) is 0 Å². The largest absolute Gasteiger partial charge is 0.347 e. The maximum atomic E-state index is 12.3. The fourth-order valence-corrected chi connectivity index (χ4v) is 2.91. The number of halogens is 1. The van der Waals surface area contributed by atoms with Gasteiger partial charge in [0.25, 0.3) is 5.91 Å². The predicted molar refractivity (Wildman–Crippen MR) is 93.5 cm³/mol. The first-order valence-corrected chi connectivity index (χ1v) is 8.26. The van der Waals surface area contributed by atoms with Crippen molar-refractivity contribution in [2.75, 3.05) is 11.4 Å². The highest BCUT2D eigenvalue weighted by Crippen LogP contribution is 2.22. The third kappa shape index (κ3) is 3.62. The van der Waals surface area contributed by atoms with Crippen molar-refractivity contribution in [2.45, 2.75) is 19.4 Å². The van der Waals surface area contributed by atoms with Crippen molar-refractivity contribution < 1.29 is 9.59 Å². The Hall–Kier alpha value is -2.14. The average Bonchev–Trinajstić information content (AvgIpc) is 2.89. The molecular weight excluding hydrogens is 356 g/mol. The highest BCUT2D eigenvalue weighted by atomic mass is 79.9. The van der Waals surface area contributed by atoms with E-state index in [0.717, 1.165) is 15.7 Å². The summed E-state index contributed by atoms with van der Waals surface area (Å²) >= 11 is 3.35. The molecule has 2 amide bonds. The molecule has 0 spiro atoms. The molecular formula is C18H17BrN2O2. The summed E-state index contributed by atoms with van der Waals surface area (Å²) in [5.74, 6) is -0.115. The van der Waals surface area contributed by atoms with E-state index in [1.807, 2.05) is 43.3 Å². The summed E-state index contributed by atoms with van der Waals surface area (Å²) in [7, 11) is 0. The van der Waals surface area contributed by atoms with E-state index in [0.29, 0.717) is 18.5 Å². The van der Waals surface area contributed by atoms with Crippen LogP contribution in [-0.2, 0) is 4.79 Å². The van der Waals surface area contributed by atoms with Gasteiger partial charge in [0.15, 0.2) is 0 Å². The SMILES string of the molecule is Cc1ccc(N2C[C@H](NC(=O)c3ccc(Br)cc3)CC2=O)cc1. The van der Waals surface area contributed by atoms with E-state index >= 15 is 0 Å². The van der Waals surface area contributed by atoms with E-state index in [9.17, 15) is 9.59 Å². The zero-order valence-electron chi connectivity index (χ0n) is 12.8. The number of carbonyl (C=O) groups is 2. The van der Waals surface area contributed by atoms with E-state index < -0.39 is 0 Å². The molecule has 0 aromatic heterocycles. The van der Waals surface area contributed by atoms with E-state index in [1.54, 1.807) is 17.0 Å². The predicted octanol–water partition coefficient (Wildman–Crippen LogP) is 3.29. The molecule has 1 fully saturated rings. The summed E-state index contributed by atoms with van der Waals surface area (Å²) in [5, 5.41) is 2.94. The number of rotatable bonds is 3. The van der Waals surface area contributed by atoms with Crippen molar-refractivity contribution in [3.8, 4) is 0 Å². The second kappa shape index (κ2) is 6.54. The third-order valence-electron chi connectivity index (χ3n) is 3.91. The molecule has 0 unspecified atom stereocenters. The Bertz CT molecular complexity index is 726. The van der Waals surface area contributed by atoms with Crippen LogP contribution in [0.25, 0.3) is 0 Å². The Balaban J connectivity index is 1.66. The first-order chi connectivity index (χ1) is 11.0. The minimum Gasteiger partial charge on any atom is -0.347 e. The molecule has 1 saturated heterocycles. The number of nitrogens with zero attached hydrogens (tertiary/aromatic N) is 1. The zero-order chi connectivity index (χ0) is 16.4. The van der Waals surface area contributed by atoms with Gasteiger partial charge >= 0.3 is 0 Å². The molecule has 3 rings (SSSR count). The highest BCUT2D eigenvalue weighted by Gasteiger charge is 2.31. The maximum absolute atomic E-state index is 12.3. The van der Waals surface area contributed by atoms with Crippen LogP contribution >= 0.6 is 15.9 Å². The molecule has 1 aliphatic rings. The summed E-state index contributed by atoms with van der Waals surface area (Å²) < 4.78 is 0.927. The monoisotopic (exact) mass is 372 g/mol. The summed E-state index contributed by atoms with van der Waals surface area (Å²) in [5.41, 5.74) is 2.62. The van der Waals surface area contributed by atoms with Crippen LogP contribution in [0.2, 0.25) is 0 Å².